The Balaban J connectivity index is 1.31. The van der Waals surface area contributed by atoms with Gasteiger partial charge in [0.2, 0.25) is 0 Å². The van der Waals surface area contributed by atoms with Crippen molar-refractivity contribution in [2.24, 2.45) is 0 Å². The predicted molar refractivity (Wildman–Crippen MR) is 266 cm³/mol. The third kappa shape index (κ3) is 7.43. The van der Waals surface area contributed by atoms with Crippen molar-refractivity contribution in [1.29, 1.82) is 0 Å². The van der Waals surface area contributed by atoms with Crippen LogP contribution in [0.2, 0.25) is 0 Å². The molecule has 2 aromatic heterocycles. The van der Waals surface area contributed by atoms with E-state index in [1.165, 1.54) is 0 Å². The van der Waals surface area contributed by atoms with Gasteiger partial charge in [-0.3, -0.25) is 4.57 Å². The van der Waals surface area contributed by atoms with Crippen molar-refractivity contribution in [2.45, 2.75) is 52.4 Å². The highest BCUT2D eigenvalue weighted by atomic mass is 16.3. The number of para-hydroxylation sites is 1. The van der Waals surface area contributed by atoms with Gasteiger partial charge < -0.3 is 5.11 Å². The number of benzene rings is 8. The van der Waals surface area contributed by atoms with Gasteiger partial charge in [-0.1, -0.05) is 187 Å². The molecule has 312 valence electrons. The average Bonchev–Trinajstić information content (AvgIpc) is 3.70. The van der Waals surface area contributed by atoms with Crippen LogP contribution in [0.3, 0.4) is 0 Å². The van der Waals surface area contributed by atoms with Gasteiger partial charge in [-0.15, -0.1) is 0 Å². The van der Waals surface area contributed by atoms with Crippen LogP contribution in [0.15, 0.2) is 188 Å². The first-order valence-electron chi connectivity index (χ1n) is 22.0. The zero-order valence-electron chi connectivity index (χ0n) is 37.1. The maximum absolute atomic E-state index is 12.6. The van der Waals surface area contributed by atoms with Gasteiger partial charge in [0.1, 0.15) is 11.6 Å². The van der Waals surface area contributed by atoms with E-state index in [0.29, 0.717) is 11.4 Å². The molecule has 0 aliphatic heterocycles. The maximum Gasteiger partial charge on any atom is 0.149 e. The molecule has 5 heteroatoms. The lowest BCUT2D eigenvalue weighted by Crippen LogP contribution is -2.17. The number of hydrogen-bond donors (Lipinski definition) is 1. The number of rotatable bonds is 7. The number of nitrogens with zero attached hydrogens (tertiary/aromatic N) is 4. The zero-order chi connectivity index (χ0) is 44.2. The topological polar surface area (TPSA) is 63.8 Å². The molecule has 0 spiro atoms. The van der Waals surface area contributed by atoms with Gasteiger partial charge in [-0.25, -0.2) is 4.98 Å². The second kappa shape index (κ2) is 15.9. The van der Waals surface area contributed by atoms with Crippen LogP contribution in [0.4, 0.5) is 0 Å². The quantitative estimate of drug-likeness (QED) is 0.174. The van der Waals surface area contributed by atoms with E-state index in [1.807, 2.05) is 30.5 Å². The highest BCUT2D eigenvalue weighted by Gasteiger charge is 2.30. The largest absolute Gasteiger partial charge is 0.507 e. The van der Waals surface area contributed by atoms with Crippen molar-refractivity contribution in [3.8, 4) is 78.6 Å². The smallest absolute Gasteiger partial charge is 0.149 e. The summed E-state index contributed by atoms with van der Waals surface area (Å²) >= 11 is 0. The molecule has 0 fully saturated rings. The molecule has 0 bridgehead atoms. The third-order valence-electron chi connectivity index (χ3n) is 12.3. The van der Waals surface area contributed by atoms with Gasteiger partial charge in [0.15, 0.2) is 0 Å². The number of aromatic nitrogens is 4. The van der Waals surface area contributed by atoms with Gasteiger partial charge in [0.25, 0.3) is 0 Å². The molecule has 5 nitrogen and oxygen atoms in total. The lowest BCUT2D eigenvalue weighted by Gasteiger charge is -2.28. The zero-order valence-corrected chi connectivity index (χ0v) is 37.1. The number of fused-ring (bicyclic) bond motifs is 2. The summed E-state index contributed by atoms with van der Waals surface area (Å²) in [4.78, 5) is 5.72. The van der Waals surface area contributed by atoms with Crippen LogP contribution in [-0.4, -0.2) is 24.9 Å². The molecule has 64 heavy (non-hydrogen) atoms. The van der Waals surface area contributed by atoms with Crippen LogP contribution in [0, 0.1) is 0 Å². The Bertz CT molecular complexity index is 3340. The van der Waals surface area contributed by atoms with Crippen LogP contribution < -0.4 is 0 Å². The third-order valence-corrected chi connectivity index (χ3v) is 12.3. The minimum Gasteiger partial charge on any atom is -0.507 e. The highest BCUT2D eigenvalue weighted by Crippen LogP contribution is 2.47. The minimum atomic E-state index is -0.342. The Labute approximate surface area is 375 Å². The first kappa shape index (κ1) is 40.4. The fourth-order valence-electron chi connectivity index (χ4n) is 8.92. The monoisotopic (exact) mass is 830 g/mol. The molecule has 1 N–H and O–H groups in total. The summed E-state index contributed by atoms with van der Waals surface area (Å²) in [5.41, 5.74) is 15.0. The summed E-state index contributed by atoms with van der Waals surface area (Å²) in [6, 6.07) is 63.9. The Morgan fingerprint density at radius 2 is 1.09 bits per heavy atom. The Morgan fingerprint density at radius 1 is 0.469 bits per heavy atom. The molecule has 10 rings (SSSR count). The fraction of sp³-hybridized carbons (Fsp3) is 0.136. The van der Waals surface area contributed by atoms with Gasteiger partial charge in [-0.05, 0) is 86.0 Å². The van der Waals surface area contributed by atoms with E-state index in [-0.39, 0.29) is 16.6 Å². The first-order valence-corrected chi connectivity index (χ1v) is 22.0. The molecule has 0 aliphatic rings. The normalized spacial score (nSPS) is 12.0. The molecule has 0 atom stereocenters. The van der Waals surface area contributed by atoms with Crippen molar-refractivity contribution < 1.29 is 5.11 Å². The van der Waals surface area contributed by atoms with Crippen LogP contribution >= 0.6 is 0 Å². The molecule has 10 aromatic rings. The molecule has 8 aromatic carbocycles. The summed E-state index contributed by atoms with van der Waals surface area (Å²) in [5, 5.41) is 24.0. The average molecular weight is 831 g/mol. The van der Waals surface area contributed by atoms with Crippen molar-refractivity contribution in [3.05, 3.63) is 199 Å². The molecular weight excluding hydrogens is 781 g/mol. The number of phenolic OH excluding ortho intramolecular Hbond substituents is 1. The molecule has 0 amide bonds. The van der Waals surface area contributed by atoms with Crippen molar-refractivity contribution in [3.63, 3.8) is 0 Å². The molecule has 0 saturated heterocycles. The Kier molecular flexibility index (Phi) is 10.1. The van der Waals surface area contributed by atoms with E-state index in [1.54, 1.807) is 0 Å². The number of phenols is 1. The summed E-state index contributed by atoms with van der Waals surface area (Å²) in [5.74, 6) is 0.913. The van der Waals surface area contributed by atoms with Crippen LogP contribution in [0.25, 0.3) is 94.6 Å². The molecule has 0 aliphatic carbocycles. The second-order valence-electron chi connectivity index (χ2n) is 18.8. The standard InChI is InChI=1S/C59H50N4O/c1-58(2,3)46-35-50(56(64)51(36-46)59(4,5)6)57-61-54-47(27-18-28-53(54)63(57)55-48-26-17-16-25-41(48)29-30-49(55)40-23-14-9-15-24-40)43-31-42(38-19-10-7-11-20-38)32-44(33-43)52-34-45(37-60-62-52)39-21-12-8-13-22-39/h7-37,64H,1-6H3. The van der Waals surface area contributed by atoms with Gasteiger partial charge in [-0.2, -0.15) is 10.2 Å². The lowest BCUT2D eigenvalue weighted by molar-refractivity contribution is 0.446. The number of imidazole rings is 1. The van der Waals surface area contributed by atoms with E-state index in [2.05, 4.69) is 209 Å². The predicted octanol–water partition coefficient (Wildman–Crippen LogP) is 15.3. The SMILES string of the molecule is CC(C)(C)c1cc(-c2nc3c(-c4cc(-c5ccccc5)cc(-c5cc(-c6ccccc6)cnn5)c4)cccc3n2-c2c(-c3ccccc3)ccc3ccccc23)c(O)c(C(C)(C)C)c1. The maximum atomic E-state index is 12.6. The molecule has 0 saturated carbocycles. The number of aromatic hydroxyl groups is 1. The van der Waals surface area contributed by atoms with E-state index in [0.717, 1.165) is 94.4 Å². The summed E-state index contributed by atoms with van der Waals surface area (Å²) in [6.45, 7) is 13.2. The van der Waals surface area contributed by atoms with E-state index in [4.69, 9.17) is 10.1 Å². The van der Waals surface area contributed by atoms with E-state index in [9.17, 15) is 5.11 Å². The van der Waals surface area contributed by atoms with Crippen molar-refractivity contribution >= 4 is 21.8 Å². The second-order valence-corrected chi connectivity index (χ2v) is 18.8. The summed E-state index contributed by atoms with van der Waals surface area (Å²) in [7, 11) is 0. The Morgan fingerprint density at radius 3 is 1.78 bits per heavy atom. The first-order chi connectivity index (χ1) is 30.9. The molecular formula is C59H50N4O. The molecule has 2 heterocycles. The van der Waals surface area contributed by atoms with E-state index >= 15 is 0 Å². The lowest BCUT2D eigenvalue weighted by atomic mass is 9.79. The molecule has 0 unspecified atom stereocenters. The molecule has 0 radical (unpaired) electrons. The summed E-state index contributed by atoms with van der Waals surface area (Å²) < 4.78 is 2.30. The van der Waals surface area contributed by atoms with Crippen LogP contribution in [0.5, 0.6) is 5.75 Å². The van der Waals surface area contributed by atoms with E-state index < -0.39 is 0 Å². The fourth-order valence-corrected chi connectivity index (χ4v) is 8.92. The highest BCUT2D eigenvalue weighted by molar-refractivity contribution is 6.03. The minimum absolute atomic E-state index is 0.200. The van der Waals surface area contributed by atoms with Crippen molar-refractivity contribution in [1.82, 2.24) is 19.7 Å². The van der Waals surface area contributed by atoms with Crippen LogP contribution in [-0.2, 0) is 10.8 Å². The van der Waals surface area contributed by atoms with Gasteiger partial charge >= 0.3 is 0 Å². The Hall–Kier alpha value is -7.63. The van der Waals surface area contributed by atoms with Gasteiger partial charge in [0, 0.05) is 33.2 Å². The van der Waals surface area contributed by atoms with Crippen molar-refractivity contribution in [2.75, 3.05) is 0 Å². The number of hydrogen-bond acceptors (Lipinski definition) is 4. The van der Waals surface area contributed by atoms with Gasteiger partial charge in [0.05, 0.1) is 34.2 Å². The summed E-state index contributed by atoms with van der Waals surface area (Å²) in [6.07, 6.45) is 1.82. The van der Waals surface area contributed by atoms with Crippen LogP contribution in [0.1, 0.15) is 52.7 Å².